The zero-order chi connectivity index (χ0) is 11.7. The van der Waals surface area contributed by atoms with Gasteiger partial charge in [0, 0.05) is 22.8 Å². The summed E-state index contributed by atoms with van der Waals surface area (Å²) in [4.78, 5) is 16.0. The number of carboxylic acids is 1. The van der Waals surface area contributed by atoms with E-state index in [2.05, 4.69) is 4.98 Å². The van der Waals surface area contributed by atoms with Crippen molar-refractivity contribution in [3.63, 3.8) is 0 Å². The van der Waals surface area contributed by atoms with Crippen LogP contribution in [0.2, 0.25) is 0 Å². The van der Waals surface area contributed by atoms with Crippen LogP contribution in [0.5, 0.6) is 0 Å². The number of rotatable bonds is 2. The number of pyridine rings is 1. The van der Waals surface area contributed by atoms with Crippen molar-refractivity contribution in [3.8, 4) is 11.1 Å². The van der Waals surface area contributed by atoms with E-state index in [-0.39, 0.29) is 5.56 Å². The lowest BCUT2D eigenvalue weighted by Crippen LogP contribution is -2.00. The van der Waals surface area contributed by atoms with Crippen LogP contribution in [0.3, 0.4) is 0 Å². The maximum Gasteiger partial charge on any atom is 0.339 e. The highest BCUT2D eigenvalue weighted by atomic mass is 32.1. The second kappa shape index (κ2) is 3.94. The summed E-state index contributed by atoms with van der Waals surface area (Å²) in [6.45, 7) is 1.86. The molecule has 2 aromatic rings. The summed E-state index contributed by atoms with van der Waals surface area (Å²) >= 11 is 1.30. The van der Waals surface area contributed by atoms with Gasteiger partial charge >= 0.3 is 5.97 Å². The molecule has 3 N–H and O–H groups in total. The van der Waals surface area contributed by atoms with Gasteiger partial charge in [0.1, 0.15) is 10.6 Å². The summed E-state index contributed by atoms with van der Waals surface area (Å²) in [5.41, 5.74) is 7.41. The first-order valence-electron chi connectivity index (χ1n) is 4.64. The van der Waals surface area contributed by atoms with Crippen LogP contribution in [-0.4, -0.2) is 16.1 Å². The number of carbonyl (C=O) groups is 1. The molecule has 0 fully saturated rings. The molecule has 0 aliphatic heterocycles. The molecule has 16 heavy (non-hydrogen) atoms. The van der Waals surface area contributed by atoms with Crippen LogP contribution in [0.4, 0.5) is 5.00 Å². The third kappa shape index (κ3) is 1.65. The van der Waals surface area contributed by atoms with E-state index in [0.29, 0.717) is 10.6 Å². The van der Waals surface area contributed by atoms with E-state index in [9.17, 15) is 4.79 Å². The standard InChI is InChI=1S/C11H10N2O2S/c1-6-8(7-2-4-13-5-3-7)9(11(14)15)10(12)16-6/h2-5H,12H2,1H3,(H,14,15). The monoisotopic (exact) mass is 234 g/mol. The van der Waals surface area contributed by atoms with Gasteiger partial charge in [-0.05, 0) is 24.6 Å². The molecular weight excluding hydrogens is 224 g/mol. The molecule has 0 aromatic carbocycles. The number of nitrogens with zero attached hydrogens (tertiary/aromatic N) is 1. The minimum absolute atomic E-state index is 0.189. The Kier molecular flexibility index (Phi) is 2.62. The molecule has 0 atom stereocenters. The van der Waals surface area contributed by atoms with Gasteiger partial charge in [-0.15, -0.1) is 11.3 Å². The molecule has 5 heteroatoms. The van der Waals surface area contributed by atoms with Crippen molar-refractivity contribution in [2.24, 2.45) is 0 Å². The number of aryl methyl sites for hydroxylation is 1. The molecule has 0 saturated heterocycles. The molecule has 2 heterocycles. The maximum absolute atomic E-state index is 11.1. The van der Waals surface area contributed by atoms with Gasteiger partial charge in [0.15, 0.2) is 0 Å². The molecule has 0 amide bonds. The van der Waals surface area contributed by atoms with Crippen LogP contribution in [0, 0.1) is 6.92 Å². The third-order valence-electron chi connectivity index (χ3n) is 2.29. The minimum Gasteiger partial charge on any atom is -0.478 e. The van der Waals surface area contributed by atoms with Crippen LogP contribution in [-0.2, 0) is 0 Å². The summed E-state index contributed by atoms with van der Waals surface area (Å²) < 4.78 is 0. The fourth-order valence-electron chi connectivity index (χ4n) is 1.64. The number of hydrogen-bond donors (Lipinski definition) is 2. The molecule has 2 rings (SSSR count). The van der Waals surface area contributed by atoms with Gasteiger partial charge in [-0.2, -0.15) is 0 Å². The second-order valence-electron chi connectivity index (χ2n) is 3.31. The summed E-state index contributed by atoms with van der Waals surface area (Å²) in [5, 5.41) is 9.48. The molecule has 0 saturated carbocycles. The predicted molar refractivity (Wildman–Crippen MR) is 63.7 cm³/mol. The summed E-state index contributed by atoms with van der Waals surface area (Å²) in [5.74, 6) is -0.992. The Morgan fingerprint density at radius 2 is 2.06 bits per heavy atom. The van der Waals surface area contributed by atoms with Gasteiger partial charge in [-0.3, -0.25) is 4.98 Å². The summed E-state index contributed by atoms with van der Waals surface area (Å²) in [6, 6.07) is 3.56. The van der Waals surface area contributed by atoms with Gasteiger partial charge in [0.2, 0.25) is 0 Å². The third-order valence-corrected chi connectivity index (χ3v) is 3.23. The highest BCUT2D eigenvalue weighted by Gasteiger charge is 2.20. The van der Waals surface area contributed by atoms with Crippen LogP contribution in [0.25, 0.3) is 11.1 Å². The van der Waals surface area contributed by atoms with E-state index in [0.717, 1.165) is 10.4 Å². The largest absolute Gasteiger partial charge is 0.478 e. The van der Waals surface area contributed by atoms with E-state index in [1.54, 1.807) is 24.5 Å². The first-order chi connectivity index (χ1) is 7.61. The number of hydrogen-bond acceptors (Lipinski definition) is 4. The van der Waals surface area contributed by atoms with Crippen LogP contribution < -0.4 is 5.73 Å². The smallest absolute Gasteiger partial charge is 0.339 e. The van der Waals surface area contributed by atoms with Crippen LogP contribution in [0.1, 0.15) is 15.2 Å². The fourth-order valence-corrected chi connectivity index (χ4v) is 2.59. The van der Waals surface area contributed by atoms with E-state index in [4.69, 9.17) is 10.8 Å². The Balaban J connectivity index is 2.69. The van der Waals surface area contributed by atoms with Crippen molar-refractivity contribution in [1.82, 2.24) is 4.98 Å². The molecule has 2 aromatic heterocycles. The molecule has 0 aliphatic rings. The fraction of sp³-hybridized carbons (Fsp3) is 0.0909. The lowest BCUT2D eigenvalue weighted by atomic mass is 10.0. The number of aromatic nitrogens is 1. The second-order valence-corrected chi connectivity index (χ2v) is 4.57. The van der Waals surface area contributed by atoms with Gasteiger partial charge < -0.3 is 10.8 Å². The van der Waals surface area contributed by atoms with Gasteiger partial charge in [-0.25, -0.2) is 4.79 Å². The van der Waals surface area contributed by atoms with Crippen molar-refractivity contribution in [1.29, 1.82) is 0 Å². The molecule has 0 aliphatic carbocycles. The molecule has 0 bridgehead atoms. The average Bonchev–Trinajstić information content (AvgIpc) is 2.55. The van der Waals surface area contributed by atoms with Gasteiger partial charge in [0.25, 0.3) is 0 Å². The normalized spacial score (nSPS) is 10.3. The number of thiophene rings is 1. The Bertz CT molecular complexity index is 534. The quantitative estimate of drug-likeness (QED) is 0.836. The molecule has 0 radical (unpaired) electrons. The molecule has 0 spiro atoms. The Hall–Kier alpha value is -1.88. The molecule has 0 unspecified atom stereocenters. The number of aromatic carboxylic acids is 1. The van der Waals surface area contributed by atoms with E-state index < -0.39 is 5.97 Å². The number of nitrogen functional groups attached to an aromatic ring is 1. The maximum atomic E-state index is 11.1. The molecule has 4 nitrogen and oxygen atoms in total. The highest BCUT2D eigenvalue weighted by Crippen LogP contribution is 2.37. The lowest BCUT2D eigenvalue weighted by Gasteiger charge is -2.02. The highest BCUT2D eigenvalue weighted by molar-refractivity contribution is 7.16. The zero-order valence-electron chi connectivity index (χ0n) is 8.60. The van der Waals surface area contributed by atoms with Crippen molar-refractivity contribution in [2.45, 2.75) is 6.92 Å². The average molecular weight is 234 g/mol. The van der Waals surface area contributed by atoms with Crippen molar-refractivity contribution >= 4 is 22.3 Å². The minimum atomic E-state index is -0.992. The lowest BCUT2D eigenvalue weighted by molar-refractivity contribution is 0.0699. The molecule has 82 valence electrons. The van der Waals surface area contributed by atoms with Gasteiger partial charge in [0.05, 0.1) is 0 Å². The Morgan fingerprint density at radius 1 is 1.44 bits per heavy atom. The first kappa shape index (κ1) is 10.6. The van der Waals surface area contributed by atoms with Gasteiger partial charge in [-0.1, -0.05) is 0 Å². The summed E-state index contributed by atoms with van der Waals surface area (Å²) in [7, 11) is 0. The van der Waals surface area contributed by atoms with Crippen molar-refractivity contribution in [3.05, 3.63) is 35.0 Å². The van der Waals surface area contributed by atoms with Crippen molar-refractivity contribution in [2.75, 3.05) is 5.73 Å². The van der Waals surface area contributed by atoms with E-state index in [1.165, 1.54) is 11.3 Å². The zero-order valence-corrected chi connectivity index (χ0v) is 9.41. The number of anilines is 1. The Labute approximate surface area is 96.4 Å². The van der Waals surface area contributed by atoms with Crippen molar-refractivity contribution < 1.29 is 9.90 Å². The van der Waals surface area contributed by atoms with E-state index >= 15 is 0 Å². The van der Waals surface area contributed by atoms with E-state index in [1.807, 2.05) is 6.92 Å². The number of nitrogens with two attached hydrogens (primary N) is 1. The first-order valence-corrected chi connectivity index (χ1v) is 5.45. The van der Waals surface area contributed by atoms with Crippen LogP contribution >= 0.6 is 11.3 Å². The number of carboxylic acid groups (broad SMARTS) is 1. The summed E-state index contributed by atoms with van der Waals surface area (Å²) in [6.07, 6.45) is 3.27. The SMILES string of the molecule is Cc1sc(N)c(C(=O)O)c1-c1ccncc1. The van der Waals surface area contributed by atoms with Crippen LogP contribution in [0.15, 0.2) is 24.5 Å². The predicted octanol–water partition coefficient (Wildman–Crippen LogP) is 2.40. The molecular formula is C11H10N2O2S. The Morgan fingerprint density at radius 3 is 2.62 bits per heavy atom. The topological polar surface area (TPSA) is 76.2 Å².